The van der Waals surface area contributed by atoms with Crippen LogP contribution in [-0.4, -0.2) is 55.8 Å². The van der Waals surface area contributed by atoms with Gasteiger partial charge >= 0.3 is 0 Å². The zero-order valence-electron chi connectivity index (χ0n) is 16.4. The second-order valence-corrected chi connectivity index (χ2v) is 7.74. The normalized spacial score (nSPS) is 18.7. The van der Waals surface area contributed by atoms with Gasteiger partial charge in [-0.2, -0.15) is 5.10 Å². The molecule has 2 aliphatic rings. The molecule has 146 valence electrons. The average molecular weight is 371 g/mol. The van der Waals surface area contributed by atoms with Gasteiger partial charge in [0.05, 0.1) is 12.3 Å². The van der Waals surface area contributed by atoms with E-state index in [-0.39, 0.29) is 6.61 Å². The minimum absolute atomic E-state index is 0.0191. The molecule has 4 heterocycles. The molecule has 0 radical (unpaired) electrons. The number of aromatic amines is 1. The van der Waals surface area contributed by atoms with Gasteiger partial charge in [-0.05, 0) is 26.2 Å². The van der Waals surface area contributed by atoms with Gasteiger partial charge in [0.25, 0.3) is 0 Å². The molecular formula is C20H30N6O. The number of piperidine rings is 1. The summed E-state index contributed by atoms with van der Waals surface area (Å²) in [6, 6.07) is 2.76. The van der Waals surface area contributed by atoms with Gasteiger partial charge in [0.1, 0.15) is 11.6 Å². The fourth-order valence-corrected chi connectivity index (χ4v) is 4.44. The van der Waals surface area contributed by atoms with Crippen LogP contribution >= 0.6 is 0 Å². The summed E-state index contributed by atoms with van der Waals surface area (Å²) in [7, 11) is 0. The summed E-state index contributed by atoms with van der Waals surface area (Å²) in [5, 5.41) is 16.8. The van der Waals surface area contributed by atoms with Crippen molar-refractivity contribution in [2.24, 2.45) is 0 Å². The maximum atomic E-state index is 9.50. The van der Waals surface area contributed by atoms with Crippen molar-refractivity contribution >= 4 is 5.82 Å². The van der Waals surface area contributed by atoms with Crippen LogP contribution in [0.25, 0.3) is 0 Å². The first kappa shape index (κ1) is 18.4. The monoisotopic (exact) mass is 370 g/mol. The molecule has 7 nitrogen and oxygen atoms in total. The molecule has 0 unspecified atom stereocenters. The fourth-order valence-electron chi connectivity index (χ4n) is 4.44. The van der Waals surface area contributed by atoms with Crippen molar-refractivity contribution in [2.45, 2.75) is 65.1 Å². The van der Waals surface area contributed by atoms with E-state index in [2.05, 4.69) is 43.0 Å². The average Bonchev–Trinajstić information content (AvgIpc) is 3.10. The zero-order chi connectivity index (χ0) is 18.8. The lowest BCUT2D eigenvalue weighted by Gasteiger charge is -2.40. The number of aliphatic hydroxyl groups is 1. The summed E-state index contributed by atoms with van der Waals surface area (Å²) >= 11 is 0. The van der Waals surface area contributed by atoms with Crippen molar-refractivity contribution in [3.63, 3.8) is 0 Å². The Hall–Kier alpha value is -1.99. The third-order valence-electron chi connectivity index (χ3n) is 5.89. The van der Waals surface area contributed by atoms with Crippen LogP contribution in [0.5, 0.6) is 0 Å². The molecule has 2 aromatic rings. The highest BCUT2D eigenvalue weighted by atomic mass is 16.3. The molecule has 2 aromatic heterocycles. The number of hydrogen-bond donors (Lipinski definition) is 2. The van der Waals surface area contributed by atoms with Crippen molar-refractivity contribution in [3.8, 4) is 0 Å². The van der Waals surface area contributed by atoms with E-state index in [0.29, 0.717) is 6.04 Å². The van der Waals surface area contributed by atoms with E-state index in [1.807, 2.05) is 6.92 Å². The minimum Gasteiger partial charge on any atom is -0.390 e. The summed E-state index contributed by atoms with van der Waals surface area (Å²) in [5.41, 5.74) is 4.38. The fraction of sp³-hybridized carbons (Fsp3) is 0.650. The second-order valence-electron chi connectivity index (χ2n) is 7.74. The molecule has 0 aromatic carbocycles. The van der Waals surface area contributed by atoms with Gasteiger partial charge in [0.15, 0.2) is 0 Å². The molecule has 0 atom stereocenters. The largest absolute Gasteiger partial charge is 0.390 e. The number of nitrogens with one attached hydrogen (secondary N) is 1. The number of nitrogens with zero attached hydrogens (tertiary/aromatic N) is 5. The van der Waals surface area contributed by atoms with Gasteiger partial charge in [0.2, 0.25) is 0 Å². The quantitative estimate of drug-likeness (QED) is 0.838. The van der Waals surface area contributed by atoms with Crippen LogP contribution in [0.15, 0.2) is 6.07 Å². The molecule has 2 N–H and O–H groups in total. The van der Waals surface area contributed by atoms with Crippen molar-refractivity contribution in [2.75, 3.05) is 24.5 Å². The SMILES string of the molecule is CCCc1cc(N2CCC(N3CCc4[nH]nc(CO)c4C3)CC2)nc(C)n1. The lowest BCUT2D eigenvalue weighted by molar-refractivity contribution is 0.151. The molecule has 0 spiro atoms. The van der Waals surface area contributed by atoms with Gasteiger partial charge < -0.3 is 10.0 Å². The minimum atomic E-state index is 0.0191. The number of aromatic nitrogens is 4. The lowest BCUT2D eigenvalue weighted by atomic mass is 9.98. The number of aliphatic hydroxyl groups excluding tert-OH is 1. The van der Waals surface area contributed by atoms with E-state index in [1.54, 1.807) is 0 Å². The molecule has 7 heteroatoms. The molecule has 0 amide bonds. The third kappa shape index (κ3) is 3.84. The molecule has 0 aliphatic carbocycles. The zero-order valence-corrected chi connectivity index (χ0v) is 16.4. The standard InChI is InChI=1S/C20H30N6O/c1-3-4-15-11-20(22-14(2)21-15)25-8-5-16(6-9-25)26-10-7-18-17(12-26)19(13-27)24-23-18/h11,16,27H,3-10,12-13H2,1-2H3,(H,23,24). The van der Waals surface area contributed by atoms with Gasteiger partial charge in [-0.25, -0.2) is 9.97 Å². The van der Waals surface area contributed by atoms with Crippen molar-refractivity contribution in [1.29, 1.82) is 0 Å². The first-order valence-electron chi connectivity index (χ1n) is 10.2. The van der Waals surface area contributed by atoms with Crippen LogP contribution in [0.2, 0.25) is 0 Å². The highest BCUT2D eigenvalue weighted by molar-refractivity contribution is 5.40. The molecule has 27 heavy (non-hydrogen) atoms. The van der Waals surface area contributed by atoms with Crippen LogP contribution < -0.4 is 4.90 Å². The predicted octanol–water partition coefficient (Wildman–Crippen LogP) is 1.98. The van der Waals surface area contributed by atoms with Gasteiger partial charge in [-0.1, -0.05) is 13.3 Å². The Morgan fingerprint density at radius 3 is 2.78 bits per heavy atom. The van der Waals surface area contributed by atoms with Crippen LogP contribution in [0.1, 0.15) is 54.7 Å². The molecule has 1 fully saturated rings. The number of H-pyrrole nitrogens is 1. The Labute approximate surface area is 160 Å². The summed E-state index contributed by atoms with van der Waals surface area (Å²) in [5.74, 6) is 1.96. The summed E-state index contributed by atoms with van der Waals surface area (Å²) in [4.78, 5) is 14.2. The molecule has 2 aliphatic heterocycles. The Balaban J connectivity index is 1.39. The van der Waals surface area contributed by atoms with E-state index < -0.39 is 0 Å². The maximum Gasteiger partial charge on any atom is 0.132 e. The van der Waals surface area contributed by atoms with Gasteiger partial charge in [-0.15, -0.1) is 0 Å². The Bertz CT molecular complexity index is 767. The number of fused-ring (bicyclic) bond motifs is 1. The smallest absolute Gasteiger partial charge is 0.132 e. The van der Waals surface area contributed by atoms with E-state index in [1.165, 1.54) is 11.3 Å². The highest BCUT2D eigenvalue weighted by Gasteiger charge is 2.29. The topological polar surface area (TPSA) is 81.2 Å². The Morgan fingerprint density at radius 2 is 2.04 bits per heavy atom. The van der Waals surface area contributed by atoms with Gasteiger partial charge in [0, 0.05) is 61.7 Å². The predicted molar refractivity (Wildman–Crippen MR) is 105 cm³/mol. The number of anilines is 1. The van der Waals surface area contributed by atoms with Crippen molar-refractivity contribution < 1.29 is 5.11 Å². The van der Waals surface area contributed by atoms with E-state index >= 15 is 0 Å². The van der Waals surface area contributed by atoms with Crippen LogP contribution in [0.4, 0.5) is 5.82 Å². The summed E-state index contributed by atoms with van der Waals surface area (Å²) in [6.45, 7) is 8.24. The first-order valence-corrected chi connectivity index (χ1v) is 10.2. The van der Waals surface area contributed by atoms with Crippen LogP contribution in [0.3, 0.4) is 0 Å². The summed E-state index contributed by atoms with van der Waals surface area (Å²) in [6.07, 6.45) is 5.41. The van der Waals surface area contributed by atoms with E-state index in [4.69, 9.17) is 0 Å². The van der Waals surface area contributed by atoms with E-state index in [9.17, 15) is 5.11 Å². The maximum absolute atomic E-state index is 9.50. The Morgan fingerprint density at radius 1 is 1.22 bits per heavy atom. The second kappa shape index (κ2) is 7.94. The van der Waals surface area contributed by atoms with Crippen molar-refractivity contribution in [3.05, 3.63) is 34.5 Å². The van der Waals surface area contributed by atoms with Crippen molar-refractivity contribution in [1.82, 2.24) is 25.1 Å². The number of aryl methyl sites for hydroxylation is 2. The first-order chi connectivity index (χ1) is 13.2. The van der Waals surface area contributed by atoms with Gasteiger partial charge in [-0.3, -0.25) is 10.00 Å². The molecule has 1 saturated heterocycles. The third-order valence-corrected chi connectivity index (χ3v) is 5.89. The Kier molecular flexibility index (Phi) is 5.41. The summed E-state index contributed by atoms with van der Waals surface area (Å²) < 4.78 is 0. The lowest BCUT2D eigenvalue weighted by Crippen LogP contribution is -2.47. The molecular weight excluding hydrogens is 340 g/mol. The van der Waals surface area contributed by atoms with E-state index in [0.717, 1.165) is 81.3 Å². The molecule has 0 bridgehead atoms. The van der Waals surface area contributed by atoms with Crippen LogP contribution in [-0.2, 0) is 26.0 Å². The number of hydrogen-bond acceptors (Lipinski definition) is 6. The number of rotatable bonds is 5. The highest BCUT2D eigenvalue weighted by Crippen LogP contribution is 2.27. The molecule has 0 saturated carbocycles. The van der Waals surface area contributed by atoms with Crippen LogP contribution in [0, 0.1) is 6.92 Å². The molecule has 4 rings (SSSR count).